The molecule has 3 heterocycles. The van der Waals surface area contributed by atoms with Gasteiger partial charge in [-0.25, -0.2) is 0 Å². The van der Waals surface area contributed by atoms with Crippen molar-refractivity contribution in [3.8, 4) is 0 Å². The average Bonchev–Trinajstić information content (AvgIpc) is 3.57. The molecular weight excluding hydrogens is 482 g/mol. The molecule has 0 aliphatic carbocycles. The van der Waals surface area contributed by atoms with Crippen LogP contribution in [0, 0.1) is 13.8 Å². The van der Waals surface area contributed by atoms with Crippen molar-refractivity contribution >= 4 is 39.9 Å². The molecule has 0 radical (unpaired) electrons. The van der Waals surface area contributed by atoms with Crippen LogP contribution >= 0.6 is 23.1 Å². The predicted molar refractivity (Wildman–Crippen MR) is 135 cm³/mol. The van der Waals surface area contributed by atoms with Crippen molar-refractivity contribution in [2.45, 2.75) is 30.0 Å². The Labute approximate surface area is 210 Å². The standard InChI is InChI=1S/C26H21N3O4S2/c1-15-8-11-18(12-9-15)21-20(22(30)19-13-10-16(2)33-19)23(31)24(32)29(21)25-27-28-26(35-25)34-14-17-6-4-3-5-7-17/h3-13,21,31H,14H2,1-2H3. The van der Waals surface area contributed by atoms with E-state index in [1.807, 2.05) is 61.5 Å². The highest BCUT2D eigenvalue weighted by Crippen LogP contribution is 2.44. The van der Waals surface area contributed by atoms with Gasteiger partial charge in [0, 0.05) is 5.75 Å². The summed E-state index contributed by atoms with van der Waals surface area (Å²) in [4.78, 5) is 28.0. The summed E-state index contributed by atoms with van der Waals surface area (Å²) in [5.41, 5.74) is 2.81. The van der Waals surface area contributed by atoms with E-state index >= 15 is 0 Å². The minimum Gasteiger partial charge on any atom is -0.503 e. The number of thioether (sulfide) groups is 1. The smallest absolute Gasteiger partial charge is 0.296 e. The van der Waals surface area contributed by atoms with Crippen LogP contribution in [0.15, 0.2) is 86.8 Å². The molecule has 2 aromatic heterocycles. The topological polar surface area (TPSA) is 96.5 Å². The molecule has 0 saturated carbocycles. The van der Waals surface area contributed by atoms with E-state index in [9.17, 15) is 14.7 Å². The molecule has 1 N–H and O–H groups in total. The van der Waals surface area contributed by atoms with E-state index in [1.54, 1.807) is 19.1 Å². The van der Waals surface area contributed by atoms with E-state index in [4.69, 9.17) is 4.42 Å². The van der Waals surface area contributed by atoms with Crippen LogP contribution in [0.3, 0.4) is 0 Å². The lowest BCUT2D eigenvalue weighted by molar-refractivity contribution is -0.117. The number of aromatic nitrogens is 2. The van der Waals surface area contributed by atoms with Crippen molar-refractivity contribution in [2.24, 2.45) is 0 Å². The molecule has 176 valence electrons. The van der Waals surface area contributed by atoms with E-state index in [1.165, 1.54) is 28.0 Å². The van der Waals surface area contributed by atoms with Crippen molar-refractivity contribution in [3.63, 3.8) is 0 Å². The van der Waals surface area contributed by atoms with Gasteiger partial charge in [0.2, 0.25) is 10.9 Å². The van der Waals surface area contributed by atoms with Gasteiger partial charge >= 0.3 is 0 Å². The molecule has 0 spiro atoms. The number of carbonyl (C=O) groups is 2. The maximum absolute atomic E-state index is 13.4. The first kappa shape index (κ1) is 23.1. The van der Waals surface area contributed by atoms with Crippen LogP contribution in [-0.4, -0.2) is 27.0 Å². The Hall–Kier alpha value is -3.69. The Bertz CT molecular complexity index is 1420. The number of aryl methyl sites for hydroxylation is 2. The van der Waals surface area contributed by atoms with Gasteiger partial charge in [-0.1, -0.05) is 83.3 Å². The summed E-state index contributed by atoms with van der Waals surface area (Å²) < 4.78 is 6.19. The second kappa shape index (κ2) is 9.52. The summed E-state index contributed by atoms with van der Waals surface area (Å²) in [5, 5.41) is 19.6. The number of aliphatic hydroxyl groups excluding tert-OH is 1. The van der Waals surface area contributed by atoms with Crippen LogP contribution in [0.2, 0.25) is 0 Å². The van der Waals surface area contributed by atoms with Gasteiger partial charge in [-0.3, -0.25) is 14.5 Å². The average molecular weight is 504 g/mol. The summed E-state index contributed by atoms with van der Waals surface area (Å²) in [6.07, 6.45) is 0. The van der Waals surface area contributed by atoms with Gasteiger partial charge in [0.25, 0.3) is 5.91 Å². The highest BCUT2D eigenvalue weighted by molar-refractivity contribution is 8.00. The number of ketones is 1. The first-order valence-corrected chi connectivity index (χ1v) is 12.7. The molecule has 1 aliphatic rings. The first-order valence-electron chi connectivity index (χ1n) is 10.9. The fourth-order valence-electron chi connectivity index (χ4n) is 3.87. The zero-order valence-electron chi connectivity index (χ0n) is 19.0. The Morgan fingerprint density at radius 3 is 2.49 bits per heavy atom. The Kier molecular flexibility index (Phi) is 6.27. The monoisotopic (exact) mass is 503 g/mol. The molecule has 1 unspecified atom stereocenters. The van der Waals surface area contributed by atoms with Gasteiger partial charge in [0.05, 0.1) is 11.6 Å². The van der Waals surface area contributed by atoms with Gasteiger partial charge in [-0.05, 0) is 37.1 Å². The van der Waals surface area contributed by atoms with Crippen LogP contribution in [0.5, 0.6) is 0 Å². The number of furan rings is 1. The third-order valence-electron chi connectivity index (χ3n) is 5.62. The Morgan fingerprint density at radius 2 is 1.80 bits per heavy atom. The third-order valence-corrected chi connectivity index (χ3v) is 7.74. The molecule has 4 aromatic rings. The van der Waals surface area contributed by atoms with Crippen LogP contribution in [0.1, 0.15) is 39.0 Å². The van der Waals surface area contributed by atoms with E-state index in [0.29, 0.717) is 26.5 Å². The van der Waals surface area contributed by atoms with Crippen LogP contribution in [0.4, 0.5) is 5.13 Å². The Balaban J connectivity index is 1.50. The maximum atomic E-state index is 13.4. The number of Topliss-reactive ketones (excluding diaryl/α,β-unsaturated/α-hetero) is 1. The predicted octanol–water partition coefficient (Wildman–Crippen LogP) is 5.82. The summed E-state index contributed by atoms with van der Waals surface area (Å²) in [7, 11) is 0. The number of rotatable bonds is 7. The molecule has 2 aromatic carbocycles. The van der Waals surface area contributed by atoms with Gasteiger partial charge in [-0.2, -0.15) is 0 Å². The van der Waals surface area contributed by atoms with Gasteiger partial charge in [0.15, 0.2) is 15.9 Å². The summed E-state index contributed by atoms with van der Waals surface area (Å²) >= 11 is 2.75. The van der Waals surface area contributed by atoms with Crippen LogP contribution < -0.4 is 4.90 Å². The van der Waals surface area contributed by atoms with Crippen molar-refractivity contribution in [1.29, 1.82) is 0 Å². The summed E-state index contributed by atoms with van der Waals surface area (Å²) in [5.74, 6) is -0.519. The molecular formula is C26H21N3O4S2. The minimum absolute atomic E-state index is 0.0399. The van der Waals surface area contributed by atoms with Crippen LogP contribution in [0.25, 0.3) is 0 Å². The molecule has 0 saturated heterocycles. The number of anilines is 1. The lowest BCUT2D eigenvalue weighted by Crippen LogP contribution is -2.31. The highest BCUT2D eigenvalue weighted by Gasteiger charge is 2.46. The molecule has 35 heavy (non-hydrogen) atoms. The largest absolute Gasteiger partial charge is 0.503 e. The molecule has 0 bridgehead atoms. The number of amides is 1. The molecule has 1 amide bonds. The molecule has 1 atom stereocenters. The van der Waals surface area contributed by atoms with Gasteiger partial charge < -0.3 is 9.52 Å². The van der Waals surface area contributed by atoms with Crippen LogP contribution in [-0.2, 0) is 10.5 Å². The van der Waals surface area contributed by atoms with E-state index in [2.05, 4.69) is 10.2 Å². The lowest BCUT2D eigenvalue weighted by atomic mass is 9.95. The zero-order valence-corrected chi connectivity index (χ0v) is 20.6. The number of benzene rings is 2. The van der Waals surface area contributed by atoms with E-state index in [-0.39, 0.29) is 11.3 Å². The third kappa shape index (κ3) is 4.52. The number of hydrogen-bond donors (Lipinski definition) is 1. The normalized spacial score (nSPS) is 15.8. The van der Waals surface area contributed by atoms with Crippen molar-refractivity contribution in [3.05, 3.63) is 106 Å². The summed E-state index contributed by atoms with van der Waals surface area (Å²) in [6.45, 7) is 3.68. The maximum Gasteiger partial charge on any atom is 0.296 e. The van der Waals surface area contributed by atoms with Crippen molar-refractivity contribution in [2.75, 3.05) is 4.90 Å². The number of carbonyl (C=O) groups excluding carboxylic acids is 2. The quantitative estimate of drug-likeness (QED) is 0.193. The van der Waals surface area contributed by atoms with Gasteiger partial charge in [-0.15, -0.1) is 10.2 Å². The van der Waals surface area contributed by atoms with E-state index in [0.717, 1.165) is 11.1 Å². The molecule has 5 rings (SSSR count). The van der Waals surface area contributed by atoms with Crippen molar-refractivity contribution in [1.82, 2.24) is 10.2 Å². The van der Waals surface area contributed by atoms with E-state index < -0.39 is 23.5 Å². The second-order valence-corrected chi connectivity index (χ2v) is 10.3. The van der Waals surface area contributed by atoms with Crippen molar-refractivity contribution < 1.29 is 19.1 Å². The molecule has 7 nitrogen and oxygen atoms in total. The first-order chi connectivity index (χ1) is 16.9. The van der Waals surface area contributed by atoms with Gasteiger partial charge in [0.1, 0.15) is 5.76 Å². The highest BCUT2D eigenvalue weighted by atomic mass is 32.2. The zero-order chi connectivity index (χ0) is 24.5. The molecule has 1 aliphatic heterocycles. The Morgan fingerprint density at radius 1 is 1.06 bits per heavy atom. The fourth-order valence-corrected chi connectivity index (χ4v) is 5.69. The lowest BCUT2D eigenvalue weighted by Gasteiger charge is -2.23. The summed E-state index contributed by atoms with van der Waals surface area (Å²) in [6, 6.07) is 19.8. The molecule has 9 heteroatoms. The minimum atomic E-state index is -0.860. The number of aliphatic hydroxyl groups is 1. The number of hydrogen-bond acceptors (Lipinski definition) is 8. The SMILES string of the molecule is Cc1ccc(C2C(C(=O)c3ccc(C)o3)=C(O)C(=O)N2c2nnc(SCc3ccccc3)s2)cc1. The second-order valence-electron chi connectivity index (χ2n) is 8.11. The fraction of sp³-hybridized carbons (Fsp3) is 0.154. The number of nitrogens with zero attached hydrogens (tertiary/aromatic N) is 3. The molecule has 0 fully saturated rings.